The molecule has 0 atom stereocenters. The van der Waals surface area contributed by atoms with E-state index in [9.17, 15) is 14.4 Å². The summed E-state index contributed by atoms with van der Waals surface area (Å²) in [5.74, 6) is -0.429. The van der Waals surface area contributed by atoms with E-state index in [0.717, 1.165) is 4.90 Å². The number of urea groups is 1. The number of carbonyl (C=O) groups excluding carboxylic acids is 3. The van der Waals surface area contributed by atoms with Crippen LogP contribution in [0.1, 0.15) is 23.3 Å². The predicted octanol–water partition coefficient (Wildman–Crippen LogP) is -0.367. The van der Waals surface area contributed by atoms with Gasteiger partial charge in [0.15, 0.2) is 0 Å². The minimum absolute atomic E-state index is 0.205. The highest BCUT2D eigenvalue weighted by Gasteiger charge is 2.51. The molecule has 0 unspecified atom stereocenters. The second kappa shape index (κ2) is 4.80. The summed E-state index contributed by atoms with van der Waals surface area (Å²) in [5.41, 5.74) is -0.572. The third kappa shape index (κ3) is 2.12. The van der Waals surface area contributed by atoms with Gasteiger partial charge in [0.1, 0.15) is 11.2 Å². The van der Waals surface area contributed by atoms with Crippen molar-refractivity contribution in [1.29, 1.82) is 0 Å². The molecule has 2 aliphatic rings. The van der Waals surface area contributed by atoms with Crippen molar-refractivity contribution in [3.63, 3.8) is 0 Å². The summed E-state index contributed by atoms with van der Waals surface area (Å²) < 4.78 is 0. The zero-order chi connectivity index (χ0) is 15.0. The molecule has 0 aromatic carbocycles. The molecule has 1 spiro atoms. The predicted molar refractivity (Wildman–Crippen MR) is 71.2 cm³/mol. The first kappa shape index (κ1) is 13.5. The largest absolute Gasteiger partial charge is 0.337 e. The Labute approximate surface area is 121 Å². The van der Waals surface area contributed by atoms with Crippen molar-refractivity contribution in [3.05, 3.63) is 24.3 Å². The van der Waals surface area contributed by atoms with E-state index in [1.807, 2.05) is 0 Å². The van der Waals surface area contributed by atoms with E-state index in [0.29, 0.717) is 25.9 Å². The third-order valence-electron chi connectivity index (χ3n) is 4.05. The van der Waals surface area contributed by atoms with E-state index in [2.05, 4.69) is 15.3 Å². The van der Waals surface area contributed by atoms with Gasteiger partial charge in [-0.15, -0.1) is 0 Å². The second-order valence-corrected chi connectivity index (χ2v) is 5.26. The van der Waals surface area contributed by atoms with Gasteiger partial charge in [-0.3, -0.25) is 19.5 Å². The zero-order valence-corrected chi connectivity index (χ0v) is 11.6. The van der Waals surface area contributed by atoms with E-state index in [-0.39, 0.29) is 23.5 Å². The Morgan fingerprint density at radius 2 is 2.00 bits per heavy atom. The quantitative estimate of drug-likeness (QED) is 0.712. The lowest BCUT2D eigenvalue weighted by Crippen LogP contribution is -2.55. The van der Waals surface area contributed by atoms with E-state index < -0.39 is 5.54 Å². The van der Waals surface area contributed by atoms with Gasteiger partial charge in [-0.25, -0.2) is 9.78 Å². The zero-order valence-electron chi connectivity index (χ0n) is 11.6. The molecule has 0 saturated carbocycles. The summed E-state index contributed by atoms with van der Waals surface area (Å²) in [6, 6.07) is -0.381. The number of hydrogen-bond acceptors (Lipinski definition) is 5. The van der Waals surface area contributed by atoms with Gasteiger partial charge in [-0.2, -0.15) is 0 Å². The van der Waals surface area contributed by atoms with Gasteiger partial charge >= 0.3 is 6.03 Å². The number of likely N-dealkylation sites (tertiary alicyclic amines) is 1. The number of piperidine rings is 1. The highest BCUT2D eigenvalue weighted by molar-refractivity contribution is 6.07. The van der Waals surface area contributed by atoms with Crippen LogP contribution < -0.4 is 5.32 Å². The maximum Gasteiger partial charge on any atom is 0.324 e. The number of rotatable bonds is 1. The van der Waals surface area contributed by atoms with Crippen LogP contribution in [0.5, 0.6) is 0 Å². The smallest absolute Gasteiger partial charge is 0.324 e. The number of amides is 4. The minimum Gasteiger partial charge on any atom is -0.337 e. The van der Waals surface area contributed by atoms with Crippen molar-refractivity contribution in [2.75, 3.05) is 20.1 Å². The molecule has 1 N–H and O–H groups in total. The number of nitrogens with zero attached hydrogens (tertiary/aromatic N) is 4. The first-order chi connectivity index (χ1) is 10.0. The van der Waals surface area contributed by atoms with E-state index >= 15 is 0 Å². The summed E-state index contributed by atoms with van der Waals surface area (Å²) in [6.45, 7) is 0.796. The van der Waals surface area contributed by atoms with Crippen molar-refractivity contribution in [2.45, 2.75) is 18.4 Å². The number of hydrogen-bond donors (Lipinski definition) is 1. The molecule has 110 valence electrons. The summed E-state index contributed by atoms with van der Waals surface area (Å²) in [7, 11) is 1.46. The molecule has 2 saturated heterocycles. The van der Waals surface area contributed by atoms with E-state index in [4.69, 9.17) is 0 Å². The maximum atomic E-state index is 12.3. The Morgan fingerprint density at radius 1 is 1.29 bits per heavy atom. The Morgan fingerprint density at radius 3 is 2.52 bits per heavy atom. The lowest BCUT2D eigenvalue weighted by Gasteiger charge is -2.36. The standard InChI is InChI=1S/C13H15N5O3/c1-17-11(20)13(16-12(17)21)2-6-18(7-3-13)10(19)9-8-14-4-5-15-9/h4-5,8H,2-3,6-7H2,1H3,(H,16,21). The van der Waals surface area contributed by atoms with Crippen LogP contribution in [0.25, 0.3) is 0 Å². The second-order valence-electron chi connectivity index (χ2n) is 5.26. The lowest BCUT2D eigenvalue weighted by atomic mass is 9.87. The van der Waals surface area contributed by atoms with Crippen LogP contribution in [0.2, 0.25) is 0 Å². The molecule has 1 aromatic heterocycles. The summed E-state index contributed by atoms with van der Waals surface area (Å²) in [6.07, 6.45) is 5.21. The van der Waals surface area contributed by atoms with Crippen LogP contribution >= 0.6 is 0 Å². The number of nitrogens with one attached hydrogen (secondary N) is 1. The molecule has 2 aliphatic heterocycles. The van der Waals surface area contributed by atoms with Crippen LogP contribution in [0.4, 0.5) is 4.79 Å². The fourth-order valence-electron chi connectivity index (χ4n) is 2.76. The highest BCUT2D eigenvalue weighted by atomic mass is 16.2. The summed E-state index contributed by atoms with van der Waals surface area (Å²) in [5, 5.41) is 2.74. The molecule has 3 rings (SSSR count). The SMILES string of the molecule is CN1C(=O)NC2(CCN(C(=O)c3cnccn3)CC2)C1=O. The van der Waals surface area contributed by atoms with Gasteiger partial charge in [0.2, 0.25) is 0 Å². The maximum absolute atomic E-state index is 12.3. The van der Waals surface area contributed by atoms with Crippen LogP contribution in [0.15, 0.2) is 18.6 Å². The Hall–Kier alpha value is -2.51. The van der Waals surface area contributed by atoms with Crippen LogP contribution in [0, 0.1) is 0 Å². The topological polar surface area (TPSA) is 95.5 Å². The molecule has 0 bridgehead atoms. The van der Waals surface area contributed by atoms with Crippen LogP contribution in [-0.2, 0) is 4.79 Å². The van der Waals surface area contributed by atoms with Crippen LogP contribution in [-0.4, -0.2) is 63.3 Å². The highest BCUT2D eigenvalue weighted by Crippen LogP contribution is 2.29. The van der Waals surface area contributed by atoms with Crippen LogP contribution in [0.3, 0.4) is 0 Å². The van der Waals surface area contributed by atoms with Gasteiger partial charge in [0.25, 0.3) is 11.8 Å². The molecular weight excluding hydrogens is 274 g/mol. The molecule has 3 heterocycles. The van der Waals surface area contributed by atoms with Crippen molar-refractivity contribution >= 4 is 17.8 Å². The van der Waals surface area contributed by atoms with Crippen molar-refractivity contribution in [2.24, 2.45) is 0 Å². The fourth-order valence-corrected chi connectivity index (χ4v) is 2.76. The first-order valence-corrected chi connectivity index (χ1v) is 6.69. The van der Waals surface area contributed by atoms with Gasteiger partial charge in [-0.05, 0) is 12.8 Å². The number of imide groups is 1. The Kier molecular flexibility index (Phi) is 3.08. The molecule has 2 fully saturated rings. The average molecular weight is 289 g/mol. The first-order valence-electron chi connectivity index (χ1n) is 6.69. The molecular formula is C13H15N5O3. The average Bonchev–Trinajstić information content (AvgIpc) is 2.73. The Balaban J connectivity index is 1.70. The lowest BCUT2D eigenvalue weighted by molar-refractivity contribution is -0.131. The summed E-state index contributed by atoms with van der Waals surface area (Å²) >= 11 is 0. The summed E-state index contributed by atoms with van der Waals surface area (Å²) in [4.78, 5) is 46.6. The molecule has 8 nitrogen and oxygen atoms in total. The molecule has 4 amide bonds. The minimum atomic E-state index is -0.856. The van der Waals surface area contributed by atoms with Gasteiger partial charge < -0.3 is 10.2 Å². The molecule has 0 aliphatic carbocycles. The number of aromatic nitrogens is 2. The van der Waals surface area contributed by atoms with Crippen molar-refractivity contribution in [1.82, 2.24) is 25.1 Å². The number of likely N-dealkylation sites (N-methyl/N-ethyl adjacent to an activating group) is 1. The fraction of sp³-hybridized carbons (Fsp3) is 0.462. The third-order valence-corrected chi connectivity index (χ3v) is 4.05. The van der Waals surface area contributed by atoms with Crippen molar-refractivity contribution < 1.29 is 14.4 Å². The van der Waals surface area contributed by atoms with E-state index in [1.165, 1.54) is 25.6 Å². The van der Waals surface area contributed by atoms with E-state index in [1.54, 1.807) is 4.90 Å². The molecule has 0 radical (unpaired) electrons. The van der Waals surface area contributed by atoms with Gasteiger partial charge in [-0.1, -0.05) is 0 Å². The molecule has 1 aromatic rings. The molecule has 8 heteroatoms. The normalized spacial score (nSPS) is 20.8. The number of carbonyl (C=O) groups is 3. The molecule has 21 heavy (non-hydrogen) atoms. The van der Waals surface area contributed by atoms with Crippen molar-refractivity contribution in [3.8, 4) is 0 Å². The monoisotopic (exact) mass is 289 g/mol. The van der Waals surface area contributed by atoms with Gasteiger partial charge in [0.05, 0.1) is 6.20 Å². The Bertz CT molecular complexity index is 595. The van der Waals surface area contributed by atoms with Gasteiger partial charge in [0, 0.05) is 32.5 Å².